The Labute approximate surface area is 272 Å². The molecule has 0 saturated heterocycles. The van der Waals surface area contributed by atoms with Crippen molar-refractivity contribution >= 4 is 61.3 Å². The summed E-state index contributed by atoms with van der Waals surface area (Å²) in [5.41, 5.74) is 8.12. The number of para-hydroxylation sites is 1. The number of nitrogens with zero attached hydrogens (tertiary/aromatic N) is 3. The molecule has 0 unspecified atom stereocenters. The summed E-state index contributed by atoms with van der Waals surface area (Å²) in [4.78, 5) is 10.1. The van der Waals surface area contributed by atoms with E-state index < -0.39 is 7.05 Å². The van der Waals surface area contributed by atoms with Gasteiger partial charge >= 0.3 is 0 Å². The average molecular weight is 621 g/mol. The van der Waals surface area contributed by atoms with Crippen LogP contribution in [-0.4, -0.2) is 14.4 Å². The number of fused-ring (bicyclic) bond motifs is 6. The van der Waals surface area contributed by atoms with Crippen LogP contribution in [-0.2, 0) is 0 Å². The minimum atomic E-state index is -2.54. The molecular formula is C42H29N4P. The van der Waals surface area contributed by atoms with Gasteiger partial charge in [-0.15, -0.1) is 0 Å². The molecule has 0 aliphatic carbocycles. The molecule has 0 aliphatic rings. The van der Waals surface area contributed by atoms with Crippen LogP contribution in [0.2, 0.25) is 0 Å². The Bertz CT molecular complexity index is 2600. The molecule has 0 fully saturated rings. The van der Waals surface area contributed by atoms with Gasteiger partial charge in [0.25, 0.3) is 0 Å². The largest absolute Gasteiger partial charge is 0.305 e. The quantitative estimate of drug-likeness (QED) is 0.195. The van der Waals surface area contributed by atoms with Crippen LogP contribution in [0, 0.1) is 5.16 Å². The molecule has 0 spiro atoms. The highest BCUT2D eigenvalue weighted by Crippen LogP contribution is 2.44. The summed E-state index contributed by atoms with van der Waals surface area (Å²) in [6, 6.07) is 56.8. The van der Waals surface area contributed by atoms with E-state index in [1.165, 1.54) is 0 Å². The number of pyridine rings is 2. The van der Waals surface area contributed by atoms with Crippen LogP contribution in [0.4, 0.5) is 0 Å². The summed E-state index contributed by atoms with van der Waals surface area (Å²) < 4.78 is 2.14. The van der Waals surface area contributed by atoms with Crippen molar-refractivity contribution in [2.24, 2.45) is 0 Å². The van der Waals surface area contributed by atoms with Gasteiger partial charge in [-0.1, -0.05) is 133 Å². The second kappa shape index (κ2) is 10.9. The zero-order valence-electron chi connectivity index (χ0n) is 25.5. The van der Waals surface area contributed by atoms with Crippen molar-refractivity contribution < 1.29 is 0 Å². The van der Waals surface area contributed by atoms with Gasteiger partial charge in [-0.05, 0) is 62.8 Å². The summed E-state index contributed by atoms with van der Waals surface area (Å²) in [5, 5.41) is 16.5. The van der Waals surface area contributed by atoms with E-state index in [0.29, 0.717) is 0 Å². The molecule has 5 heteroatoms. The second-order valence-electron chi connectivity index (χ2n) is 11.9. The SMILES string of the molecule is N=P(c1ccccc1)(c1ccccc1)c1ccc2cc(-c3ccc(-c4nc5ccccc5c5nc6ccccn6c45)cc3)ccc2c1. The van der Waals surface area contributed by atoms with Crippen LogP contribution >= 0.6 is 7.05 Å². The Morgan fingerprint density at radius 3 is 1.87 bits per heavy atom. The zero-order chi connectivity index (χ0) is 31.4. The Kier molecular flexibility index (Phi) is 6.38. The standard InChI is InChI=1S/C42H29N4P/c43-47(34-11-3-1-4-12-34,35-13-5-2-6-14-35)36-25-24-32-27-31(22-23-33(32)28-36)29-18-20-30(21-19-29)40-42-41(37-15-7-8-16-38(37)44-40)45-39-17-9-10-26-46(39)42/h1-28,43H. The van der Waals surface area contributed by atoms with Gasteiger partial charge in [0.05, 0.1) is 23.8 Å². The van der Waals surface area contributed by atoms with Crippen molar-refractivity contribution in [3.05, 3.63) is 170 Å². The van der Waals surface area contributed by atoms with Crippen LogP contribution in [0.3, 0.4) is 0 Å². The highest BCUT2D eigenvalue weighted by atomic mass is 31.2. The molecule has 0 amide bonds. The highest BCUT2D eigenvalue weighted by molar-refractivity contribution is 7.86. The molecule has 3 aromatic heterocycles. The molecule has 0 aliphatic heterocycles. The fraction of sp³-hybridized carbons (Fsp3) is 0. The second-order valence-corrected chi connectivity index (χ2v) is 14.8. The molecular weight excluding hydrogens is 591 g/mol. The van der Waals surface area contributed by atoms with Crippen LogP contribution in [0.1, 0.15) is 0 Å². The van der Waals surface area contributed by atoms with E-state index in [4.69, 9.17) is 9.97 Å². The topological polar surface area (TPSA) is 54.0 Å². The molecule has 222 valence electrons. The van der Waals surface area contributed by atoms with Crippen LogP contribution < -0.4 is 15.9 Å². The van der Waals surface area contributed by atoms with E-state index in [9.17, 15) is 5.16 Å². The van der Waals surface area contributed by atoms with Crippen LogP contribution in [0.25, 0.3) is 60.7 Å². The number of nitrogens with one attached hydrogen (secondary N) is 1. The molecule has 9 rings (SSSR count). The molecule has 0 radical (unpaired) electrons. The summed E-state index contributed by atoms with van der Waals surface area (Å²) >= 11 is 0. The van der Waals surface area contributed by atoms with Crippen LogP contribution in [0.15, 0.2) is 170 Å². The van der Waals surface area contributed by atoms with Gasteiger partial charge in [0.15, 0.2) is 0 Å². The third-order valence-electron chi connectivity index (χ3n) is 9.14. The molecule has 3 heterocycles. The molecule has 0 atom stereocenters. The van der Waals surface area contributed by atoms with Gasteiger partial charge in [0, 0.05) is 22.5 Å². The lowest BCUT2D eigenvalue weighted by molar-refractivity contribution is 1.22. The first-order valence-corrected chi connectivity index (χ1v) is 17.5. The highest BCUT2D eigenvalue weighted by Gasteiger charge is 2.25. The number of benzene rings is 6. The lowest BCUT2D eigenvalue weighted by atomic mass is 9.99. The Hall–Kier alpha value is -5.83. The Balaban J connectivity index is 1.11. The first kappa shape index (κ1) is 27.5. The summed E-state index contributed by atoms with van der Waals surface area (Å²) in [6.45, 7) is 0. The maximum atomic E-state index is 9.92. The Morgan fingerprint density at radius 2 is 1.11 bits per heavy atom. The summed E-state index contributed by atoms with van der Waals surface area (Å²) in [6.07, 6.45) is 2.06. The van der Waals surface area contributed by atoms with E-state index in [1.807, 2.05) is 66.7 Å². The number of hydrogen-bond acceptors (Lipinski definition) is 3. The normalized spacial score (nSPS) is 11.9. The number of imidazole rings is 1. The third kappa shape index (κ3) is 4.49. The van der Waals surface area contributed by atoms with Gasteiger partial charge in [-0.25, -0.2) is 9.97 Å². The van der Waals surface area contributed by atoms with E-state index in [-0.39, 0.29) is 0 Å². The van der Waals surface area contributed by atoms with Crippen molar-refractivity contribution in [2.45, 2.75) is 0 Å². The lowest BCUT2D eigenvalue weighted by Crippen LogP contribution is -2.24. The maximum Gasteiger partial charge on any atom is 0.137 e. The van der Waals surface area contributed by atoms with E-state index in [1.54, 1.807) is 0 Å². The van der Waals surface area contributed by atoms with Gasteiger partial charge in [-0.3, -0.25) is 4.40 Å². The smallest absolute Gasteiger partial charge is 0.137 e. The minimum absolute atomic E-state index is 0.912. The third-order valence-corrected chi connectivity index (χ3v) is 12.3. The number of aromatic nitrogens is 3. The van der Waals surface area contributed by atoms with Gasteiger partial charge in [0.2, 0.25) is 0 Å². The predicted octanol–water partition coefficient (Wildman–Crippen LogP) is 9.58. The monoisotopic (exact) mass is 620 g/mol. The van der Waals surface area contributed by atoms with E-state index in [2.05, 4.69) is 108 Å². The first-order chi connectivity index (χ1) is 23.2. The first-order valence-electron chi connectivity index (χ1n) is 15.7. The predicted molar refractivity (Wildman–Crippen MR) is 198 cm³/mol. The lowest BCUT2D eigenvalue weighted by Gasteiger charge is -2.24. The van der Waals surface area contributed by atoms with Crippen molar-refractivity contribution in [1.29, 1.82) is 5.16 Å². The molecule has 47 heavy (non-hydrogen) atoms. The fourth-order valence-corrected chi connectivity index (χ4v) is 9.51. The minimum Gasteiger partial charge on any atom is -0.305 e. The molecule has 4 nitrogen and oxygen atoms in total. The molecule has 9 aromatic rings. The molecule has 0 bridgehead atoms. The zero-order valence-corrected chi connectivity index (χ0v) is 26.3. The van der Waals surface area contributed by atoms with Crippen molar-refractivity contribution in [1.82, 2.24) is 14.4 Å². The average Bonchev–Trinajstić information content (AvgIpc) is 3.55. The molecule has 6 aromatic carbocycles. The van der Waals surface area contributed by atoms with E-state index in [0.717, 1.165) is 76.7 Å². The summed E-state index contributed by atoms with van der Waals surface area (Å²) in [7, 11) is -2.54. The molecule has 0 saturated carbocycles. The van der Waals surface area contributed by atoms with Crippen molar-refractivity contribution in [3.8, 4) is 22.4 Å². The van der Waals surface area contributed by atoms with E-state index >= 15 is 0 Å². The van der Waals surface area contributed by atoms with Crippen molar-refractivity contribution in [3.63, 3.8) is 0 Å². The summed E-state index contributed by atoms with van der Waals surface area (Å²) in [5.74, 6) is 0. The Morgan fingerprint density at radius 1 is 0.489 bits per heavy atom. The van der Waals surface area contributed by atoms with Gasteiger partial charge < -0.3 is 5.16 Å². The number of hydrogen-bond donors (Lipinski definition) is 1. The maximum absolute atomic E-state index is 9.92. The van der Waals surface area contributed by atoms with Crippen LogP contribution in [0.5, 0.6) is 0 Å². The van der Waals surface area contributed by atoms with Gasteiger partial charge in [0.1, 0.15) is 11.2 Å². The van der Waals surface area contributed by atoms with Crippen molar-refractivity contribution in [2.75, 3.05) is 0 Å². The fourth-order valence-electron chi connectivity index (χ4n) is 6.75. The number of rotatable bonds is 5. The molecule has 1 N–H and O–H groups in total. The van der Waals surface area contributed by atoms with Gasteiger partial charge in [-0.2, -0.15) is 0 Å².